The van der Waals surface area contributed by atoms with Crippen LogP contribution >= 0.6 is 11.6 Å². The summed E-state index contributed by atoms with van der Waals surface area (Å²) in [5.41, 5.74) is 4.43. The highest BCUT2D eigenvalue weighted by atomic mass is 35.5. The third-order valence-electron chi connectivity index (χ3n) is 6.02. The van der Waals surface area contributed by atoms with E-state index in [0.29, 0.717) is 22.1 Å². The molecule has 0 saturated carbocycles. The highest BCUT2D eigenvalue weighted by molar-refractivity contribution is 6.30. The third kappa shape index (κ3) is 6.37. The molecule has 1 amide bonds. The molecule has 0 aliphatic heterocycles. The van der Waals surface area contributed by atoms with Crippen LogP contribution in [-0.2, 0) is 22.6 Å². The van der Waals surface area contributed by atoms with E-state index in [2.05, 4.69) is 10.5 Å². The molecule has 1 unspecified atom stereocenters. The zero-order valence-electron chi connectivity index (χ0n) is 20.8. The summed E-state index contributed by atoms with van der Waals surface area (Å²) >= 11 is 6.15. The topological polar surface area (TPSA) is 90.7 Å². The molecule has 0 aliphatic carbocycles. The Balaban J connectivity index is 1.42. The molecule has 4 rings (SSSR count). The maximum absolute atomic E-state index is 13.1. The molecule has 3 aromatic carbocycles. The lowest BCUT2D eigenvalue weighted by Crippen LogP contribution is -2.31. The Morgan fingerprint density at radius 2 is 1.76 bits per heavy atom. The van der Waals surface area contributed by atoms with Crippen molar-refractivity contribution in [1.82, 2.24) is 10.5 Å². The number of benzene rings is 3. The van der Waals surface area contributed by atoms with Gasteiger partial charge in [-0.15, -0.1) is 0 Å². The summed E-state index contributed by atoms with van der Waals surface area (Å²) in [6.45, 7) is 3.78. The van der Waals surface area contributed by atoms with Crippen molar-refractivity contribution in [3.8, 4) is 5.75 Å². The average molecular weight is 519 g/mol. The fourth-order valence-electron chi connectivity index (χ4n) is 4.02. The number of halogens is 1. The molecule has 1 N–H and O–H groups in total. The summed E-state index contributed by atoms with van der Waals surface area (Å²) in [7, 11) is 1.28. The molecular weight excluding hydrogens is 492 g/mol. The quantitative estimate of drug-likeness (QED) is 0.283. The van der Waals surface area contributed by atoms with Crippen LogP contribution in [0.1, 0.15) is 50.1 Å². The Bertz CT molecular complexity index is 1380. The predicted molar refractivity (Wildman–Crippen MR) is 140 cm³/mol. The highest BCUT2D eigenvalue weighted by Crippen LogP contribution is 2.27. The molecule has 0 aliphatic rings. The van der Waals surface area contributed by atoms with Crippen molar-refractivity contribution in [3.05, 3.63) is 117 Å². The van der Waals surface area contributed by atoms with Gasteiger partial charge in [-0.3, -0.25) is 4.79 Å². The van der Waals surface area contributed by atoms with E-state index in [4.69, 9.17) is 25.6 Å². The minimum Gasteiger partial charge on any atom is -0.489 e. The van der Waals surface area contributed by atoms with Gasteiger partial charge in [-0.1, -0.05) is 65.3 Å². The van der Waals surface area contributed by atoms with Gasteiger partial charge in [0.05, 0.1) is 25.1 Å². The first-order chi connectivity index (χ1) is 17.9. The number of carbonyl (C=O) groups excluding carboxylic acids is 2. The van der Waals surface area contributed by atoms with E-state index in [1.165, 1.54) is 7.11 Å². The number of aromatic nitrogens is 1. The fraction of sp³-hybridized carbons (Fsp3) is 0.207. The Kier molecular flexibility index (Phi) is 8.25. The van der Waals surface area contributed by atoms with E-state index in [9.17, 15) is 9.59 Å². The van der Waals surface area contributed by atoms with Crippen LogP contribution in [0.15, 0.2) is 77.3 Å². The summed E-state index contributed by atoms with van der Waals surface area (Å²) in [6, 6.07) is 22.4. The van der Waals surface area contributed by atoms with Crippen LogP contribution in [0.25, 0.3) is 0 Å². The average Bonchev–Trinajstić information content (AvgIpc) is 3.27. The first-order valence-corrected chi connectivity index (χ1v) is 12.1. The lowest BCUT2D eigenvalue weighted by atomic mass is 9.94. The number of carbonyl (C=O) groups is 2. The summed E-state index contributed by atoms with van der Waals surface area (Å²) in [5.74, 6) is 0.371. The highest BCUT2D eigenvalue weighted by Gasteiger charge is 2.21. The molecule has 190 valence electrons. The molecule has 1 heterocycles. The maximum atomic E-state index is 13.1. The van der Waals surface area contributed by atoms with Crippen LogP contribution in [0.2, 0.25) is 5.02 Å². The summed E-state index contributed by atoms with van der Waals surface area (Å²) < 4.78 is 15.6. The van der Waals surface area contributed by atoms with Gasteiger partial charge in [0.2, 0.25) is 5.91 Å². The largest absolute Gasteiger partial charge is 0.489 e. The molecule has 7 nitrogen and oxygen atoms in total. The smallest absolute Gasteiger partial charge is 0.360 e. The second-order valence-electron chi connectivity index (χ2n) is 8.58. The number of hydrogen-bond acceptors (Lipinski definition) is 6. The van der Waals surface area contributed by atoms with Gasteiger partial charge < -0.3 is 19.3 Å². The first kappa shape index (κ1) is 26.0. The Morgan fingerprint density at radius 3 is 2.43 bits per heavy atom. The molecule has 0 spiro atoms. The predicted octanol–water partition coefficient (Wildman–Crippen LogP) is 5.76. The lowest BCUT2D eigenvalue weighted by molar-refractivity contribution is -0.120. The number of esters is 1. The van der Waals surface area contributed by atoms with Crippen LogP contribution in [0.5, 0.6) is 5.75 Å². The van der Waals surface area contributed by atoms with Crippen LogP contribution in [0.4, 0.5) is 0 Å². The molecular formula is C29H27ClN2O5. The summed E-state index contributed by atoms with van der Waals surface area (Å²) in [6.07, 6.45) is 0.202. The Morgan fingerprint density at radius 1 is 1.03 bits per heavy atom. The number of amides is 1. The van der Waals surface area contributed by atoms with Crippen molar-refractivity contribution < 1.29 is 23.6 Å². The van der Waals surface area contributed by atoms with Crippen molar-refractivity contribution >= 4 is 23.5 Å². The number of aryl methyl sites for hydroxylation is 2. The molecule has 0 bridgehead atoms. The van der Waals surface area contributed by atoms with Crippen molar-refractivity contribution in [3.63, 3.8) is 0 Å². The number of nitrogens with zero attached hydrogens (tertiary/aromatic N) is 1. The Labute approximate surface area is 220 Å². The molecule has 1 aromatic heterocycles. The zero-order valence-corrected chi connectivity index (χ0v) is 21.5. The first-order valence-electron chi connectivity index (χ1n) is 11.7. The molecule has 8 heteroatoms. The van der Waals surface area contributed by atoms with E-state index in [1.807, 2.05) is 67.6 Å². The molecule has 0 radical (unpaired) electrons. The SMILES string of the molecule is COC(=O)c1noc(C)c1COc1ccc(CC(=O)NC(c2ccccc2)c2ccc(Cl)cc2C)cc1. The van der Waals surface area contributed by atoms with E-state index < -0.39 is 5.97 Å². The second kappa shape index (κ2) is 11.8. The minimum absolute atomic E-state index is 0.0946. The number of hydrogen-bond donors (Lipinski definition) is 1. The molecule has 4 aromatic rings. The van der Waals surface area contributed by atoms with E-state index in [-0.39, 0.29) is 30.7 Å². The monoisotopic (exact) mass is 518 g/mol. The number of rotatable bonds is 9. The van der Waals surface area contributed by atoms with Crippen molar-refractivity contribution in [2.24, 2.45) is 0 Å². The van der Waals surface area contributed by atoms with E-state index in [0.717, 1.165) is 22.3 Å². The van der Waals surface area contributed by atoms with E-state index >= 15 is 0 Å². The molecule has 37 heavy (non-hydrogen) atoms. The maximum Gasteiger partial charge on any atom is 0.360 e. The number of ether oxygens (including phenoxy) is 2. The summed E-state index contributed by atoms with van der Waals surface area (Å²) in [4.78, 5) is 24.9. The van der Waals surface area contributed by atoms with Gasteiger partial charge in [0.25, 0.3) is 0 Å². The van der Waals surface area contributed by atoms with Gasteiger partial charge in [-0.25, -0.2) is 4.79 Å². The van der Waals surface area contributed by atoms with Crippen LogP contribution in [-0.4, -0.2) is 24.1 Å². The standard InChI is InChI=1S/C29H27ClN2O5/c1-18-15-22(30)11-14-24(18)27(21-7-5-4-6-8-21)31-26(33)16-20-9-12-23(13-10-20)36-17-25-19(2)37-32-28(25)29(34)35-3/h4-15,27H,16-17H2,1-3H3,(H,31,33). The van der Waals surface area contributed by atoms with Crippen molar-refractivity contribution in [2.75, 3.05) is 7.11 Å². The lowest BCUT2D eigenvalue weighted by Gasteiger charge is -2.22. The van der Waals surface area contributed by atoms with Crippen LogP contribution < -0.4 is 10.1 Å². The molecule has 0 fully saturated rings. The van der Waals surface area contributed by atoms with Crippen molar-refractivity contribution in [2.45, 2.75) is 32.9 Å². The minimum atomic E-state index is -0.584. The Hall–Kier alpha value is -4.10. The number of methoxy groups -OCH3 is 1. The van der Waals surface area contributed by atoms with E-state index in [1.54, 1.807) is 19.1 Å². The van der Waals surface area contributed by atoms with Gasteiger partial charge >= 0.3 is 5.97 Å². The van der Waals surface area contributed by atoms with Gasteiger partial charge in [-0.05, 0) is 60.4 Å². The van der Waals surface area contributed by atoms with Gasteiger partial charge in [0, 0.05) is 5.02 Å². The normalized spacial score (nSPS) is 11.6. The third-order valence-corrected chi connectivity index (χ3v) is 6.25. The molecule has 1 atom stereocenters. The number of nitrogens with one attached hydrogen (secondary N) is 1. The summed E-state index contributed by atoms with van der Waals surface area (Å²) in [5, 5.41) is 7.57. The second-order valence-corrected chi connectivity index (χ2v) is 9.02. The van der Waals surface area contributed by atoms with Crippen LogP contribution in [0, 0.1) is 13.8 Å². The van der Waals surface area contributed by atoms with Crippen molar-refractivity contribution in [1.29, 1.82) is 0 Å². The van der Waals surface area contributed by atoms with Crippen LogP contribution in [0.3, 0.4) is 0 Å². The zero-order chi connectivity index (χ0) is 26.4. The van der Waals surface area contributed by atoms with Gasteiger partial charge in [0.1, 0.15) is 18.1 Å². The fourth-order valence-corrected chi connectivity index (χ4v) is 4.25. The molecule has 0 saturated heterocycles. The van der Waals surface area contributed by atoms with Gasteiger partial charge in [0.15, 0.2) is 5.69 Å². The van der Waals surface area contributed by atoms with Gasteiger partial charge in [-0.2, -0.15) is 0 Å².